The lowest BCUT2D eigenvalue weighted by Crippen LogP contribution is -2.59. The Bertz CT molecular complexity index is 422. The first-order valence-corrected chi connectivity index (χ1v) is 7.94. The molecule has 2 atom stereocenters. The topological polar surface area (TPSA) is 33.1 Å². The van der Waals surface area contributed by atoms with Crippen LogP contribution in [0.25, 0.3) is 0 Å². The van der Waals surface area contributed by atoms with Crippen molar-refractivity contribution >= 4 is 5.69 Å². The smallest absolute Gasteiger partial charge is 0.0756 e. The predicted octanol–water partition coefficient (Wildman–Crippen LogP) is 2.92. The second kappa shape index (κ2) is 6.17. The summed E-state index contributed by atoms with van der Waals surface area (Å²) in [5.74, 6) is 1.30. The highest BCUT2D eigenvalue weighted by molar-refractivity contribution is 5.45. The lowest BCUT2D eigenvalue weighted by molar-refractivity contribution is 0.295. The van der Waals surface area contributed by atoms with Gasteiger partial charge in [-0.3, -0.25) is 4.68 Å². The van der Waals surface area contributed by atoms with Crippen molar-refractivity contribution in [2.75, 3.05) is 18.0 Å². The van der Waals surface area contributed by atoms with Crippen molar-refractivity contribution in [3.05, 3.63) is 12.4 Å². The van der Waals surface area contributed by atoms with Crippen molar-refractivity contribution < 1.29 is 0 Å². The Morgan fingerprint density at radius 3 is 2.35 bits per heavy atom. The van der Waals surface area contributed by atoms with Crippen LogP contribution in [0.2, 0.25) is 0 Å². The Balaban J connectivity index is 2.21. The summed E-state index contributed by atoms with van der Waals surface area (Å²) in [6, 6.07) is 1.53. The lowest BCUT2D eigenvalue weighted by atomic mass is 9.94. The van der Waals surface area contributed by atoms with Gasteiger partial charge in [0.15, 0.2) is 0 Å². The van der Waals surface area contributed by atoms with E-state index in [0.29, 0.717) is 30.0 Å². The van der Waals surface area contributed by atoms with E-state index >= 15 is 0 Å². The van der Waals surface area contributed by atoms with Gasteiger partial charge in [-0.05, 0) is 25.7 Å². The van der Waals surface area contributed by atoms with Gasteiger partial charge in [-0.2, -0.15) is 5.10 Å². The molecule has 1 N–H and O–H groups in total. The van der Waals surface area contributed by atoms with Gasteiger partial charge in [-0.1, -0.05) is 27.7 Å². The molecule has 0 spiro atoms. The highest BCUT2D eigenvalue weighted by Gasteiger charge is 2.31. The number of hydrogen-bond donors (Lipinski definition) is 1. The summed E-state index contributed by atoms with van der Waals surface area (Å²) < 4.78 is 2.05. The van der Waals surface area contributed by atoms with Crippen LogP contribution in [0.3, 0.4) is 0 Å². The van der Waals surface area contributed by atoms with Crippen LogP contribution in [0.1, 0.15) is 47.6 Å². The molecular weight excluding hydrogens is 248 g/mol. The van der Waals surface area contributed by atoms with Gasteiger partial charge in [0, 0.05) is 37.4 Å². The maximum Gasteiger partial charge on any atom is 0.0756 e. The molecule has 0 radical (unpaired) electrons. The maximum absolute atomic E-state index is 4.51. The van der Waals surface area contributed by atoms with E-state index in [1.54, 1.807) is 0 Å². The Hall–Kier alpha value is -1.03. The zero-order chi connectivity index (χ0) is 14.9. The molecule has 1 saturated heterocycles. The Kier molecular flexibility index (Phi) is 4.74. The van der Waals surface area contributed by atoms with E-state index in [2.05, 4.69) is 67.7 Å². The first-order valence-electron chi connectivity index (χ1n) is 7.94. The number of anilines is 1. The van der Waals surface area contributed by atoms with Crippen molar-refractivity contribution in [1.82, 2.24) is 15.1 Å². The lowest BCUT2D eigenvalue weighted by Gasteiger charge is -2.44. The Morgan fingerprint density at radius 1 is 1.15 bits per heavy atom. The second-order valence-electron chi connectivity index (χ2n) is 6.99. The average molecular weight is 278 g/mol. The molecule has 0 saturated carbocycles. The molecule has 0 aliphatic carbocycles. The van der Waals surface area contributed by atoms with Gasteiger partial charge in [0.1, 0.15) is 0 Å². The van der Waals surface area contributed by atoms with E-state index in [0.717, 1.165) is 13.1 Å². The van der Waals surface area contributed by atoms with Crippen molar-refractivity contribution in [2.45, 2.75) is 59.7 Å². The molecule has 2 heterocycles. The maximum atomic E-state index is 4.51. The molecule has 1 aliphatic rings. The van der Waals surface area contributed by atoms with Gasteiger partial charge in [0.05, 0.1) is 11.9 Å². The summed E-state index contributed by atoms with van der Waals surface area (Å²) >= 11 is 0. The van der Waals surface area contributed by atoms with Gasteiger partial charge in [0.2, 0.25) is 0 Å². The highest BCUT2D eigenvalue weighted by atomic mass is 15.3. The largest absolute Gasteiger partial charge is 0.363 e. The molecule has 0 amide bonds. The van der Waals surface area contributed by atoms with Gasteiger partial charge < -0.3 is 10.2 Å². The zero-order valence-electron chi connectivity index (χ0n) is 13.8. The third-order valence-electron chi connectivity index (χ3n) is 4.41. The van der Waals surface area contributed by atoms with Crippen LogP contribution in [0.4, 0.5) is 5.69 Å². The zero-order valence-corrected chi connectivity index (χ0v) is 13.8. The van der Waals surface area contributed by atoms with Gasteiger partial charge in [0.25, 0.3) is 0 Å². The van der Waals surface area contributed by atoms with Crippen LogP contribution in [0.5, 0.6) is 0 Å². The minimum atomic E-state index is 0.421. The van der Waals surface area contributed by atoms with Crippen molar-refractivity contribution in [3.8, 4) is 0 Å². The summed E-state index contributed by atoms with van der Waals surface area (Å²) in [4.78, 5) is 2.55. The first-order chi connectivity index (χ1) is 9.40. The van der Waals surface area contributed by atoms with E-state index in [9.17, 15) is 0 Å². The molecule has 114 valence electrons. The number of aromatic nitrogens is 2. The molecular formula is C16H30N4. The fraction of sp³-hybridized carbons (Fsp3) is 0.812. The molecule has 1 aromatic rings. The van der Waals surface area contributed by atoms with Crippen molar-refractivity contribution in [1.29, 1.82) is 0 Å². The fourth-order valence-electron chi connectivity index (χ4n) is 2.89. The van der Waals surface area contributed by atoms with Crippen LogP contribution in [0, 0.1) is 11.8 Å². The third-order valence-corrected chi connectivity index (χ3v) is 4.41. The van der Waals surface area contributed by atoms with Crippen molar-refractivity contribution in [2.24, 2.45) is 11.8 Å². The molecule has 20 heavy (non-hydrogen) atoms. The highest BCUT2D eigenvalue weighted by Crippen LogP contribution is 2.25. The standard InChI is InChI=1S/C16H30N4/c1-11(2)15-10-19(16(8-17-15)12(3)4)14-7-18-20(9-14)13(5)6/h7,9,11-13,15-17H,8,10H2,1-6H3. The van der Waals surface area contributed by atoms with Gasteiger partial charge in [-0.25, -0.2) is 0 Å². The third kappa shape index (κ3) is 3.17. The SMILES string of the molecule is CC(C)C1CN(c2cnn(C(C)C)c2)C(C(C)C)CN1. The van der Waals surface area contributed by atoms with E-state index in [1.807, 2.05) is 6.20 Å². The van der Waals surface area contributed by atoms with Crippen molar-refractivity contribution in [3.63, 3.8) is 0 Å². The van der Waals surface area contributed by atoms with Crippen LogP contribution >= 0.6 is 0 Å². The summed E-state index contributed by atoms with van der Waals surface area (Å²) in [6.07, 6.45) is 4.22. The number of nitrogens with one attached hydrogen (secondary N) is 1. The molecule has 4 heteroatoms. The minimum absolute atomic E-state index is 0.421. The Morgan fingerprint density at radius 2 is 1.85 bits per heavy atom. The molecule has 1 fully saturated rings. The molecule has 2 unspecified atom stereocenters. The molecule has 0 aromatic carbocycles. The molecule has 4 nitrogen and oxygen atoms in total. The fourth-order valence-corrected chi connectivity index (χ4v) is 2.89. The number of hydrogen-bond acceptors (Lipinski definition) is 3. The minimum Gasteiger partial charge on any atom is -0.363 e. The summed E-state index contributed by atoms with van der Waals surface area (Å²) in [5, 5.41) is 8.22. The average Bonchev–Trinajstić information content (AvgIpc) is 2.87. The first kappa shape index (κ1) is 15.4. The molecule has 1 aliphatic heterocycles. The molecule has 0 bridgehead atoms. The second-order valence-corrected chi connectivity index (χ2v) is 6.99. The van der Waals surface area contributed by atoms with Crippen LogP contribution in [-0.2, 0) is 0 Å². The Labute approximate surface area is 123 Å². The normalized spacial score (nSPS) is 24.1. The number of rotatable bonds is 4. The number of piperazine rings is 1. The molecule has 1 aromatic heterocycles. The van der Waals surface area contributed by atoms with E-state index in [-0.39, 0.29) is 0 Å². The van der Waals surface area contributed by atoms with Gasteiger partial charge >= 0.3 is 0 Å². The predicted molar refractivity (Wildman–Crippen MR) is 85.2 cm³/mol. The van der Waals surface area contributed by atoms with Crippen LogP contribution in [0.15, 0.2) is 12.4 Å². The summed E-state index contributed by atoms with van der Waals surface area (Å²) in [6.45, 7) is 15.7. The molecule has 2 rings (SSSR count). The van der Waals surface area contributed by atoms with E-state index in [1.165, 1.54) is 5.69 Å². The van der Waals surface area contributed by atoms with Crippen LogP contribution in [-0.4, -0.2) is 35.0 Å². The summed E-state index contributed by atoms with van der Waals surface area (Å²) in [7, 11) is 0. The number of nitrogens with zero attached hydrogens (tertiary/aromatic N) is 3. The van der Waals surface area contributed by atoms with E-state index in [4.69, 9.17) is 0 Å². The quantitative estimate of drug-likeness (QED) is 0.919. The monoisotopic (exact) mass is 278 g/mol. The van der Waals surface area contributed by atoms with Gasteiger partial charge in [-0.15, -0.1) is 0 Å². The van der Waals surface area contributed by atoms with Crippen LogP contribution < -0.4 is 10.2 Å². The van der Waals surface area contributed by atoms with E-state index < -0.39 is 0 Å². The summed E-state index contributed by atoms with van der Waals surface area (Å²) in [5.41, 5.74) is 1.27.